The van der Waals surface area contributed by atoms with Crippen LogP contribution in [0.2, 0.25) is 10.0 Å². The Hall–Kier alpha value is -3.74. The Morgan fingerprint density at radius 2 is 1.90 bits per heavy atom. The molecular weight excluding hydrogens is 567 g/mol. The Bertz CT molecular complexity index is 1550. The second-order valence-corrected chi connectivity index (χ2v) is 11.3. The van der Waals surface area contributed by atoms with Gasteiger partial charge in [-0.05, 0) is 61.2 Å². The van der Waals surface area contributed by atoms with Crippen LogP contribution in [-0.2, 0) is 19.1 Å². The molecule has 1 unspecified atom stereocenters. The average molecular weight is 589 g/mol. The zero-order valence-corrected chi connectivity index (χ0v) is 22.6. The average Bonchev–Trinajstić information content (AvgIpc) is 3.67. The Balaban J connectivity index is 1.40. The van der Waals surface area contributed by atoms with Gasteiger partial charge in [0.15, 0.2) is 5.82 Å². The standard InChI is InChI=1S/C25H22Cl2N6O5S/c26-16-7-8-20(18(11-16)24(34)30-13-15-5-6-15)31-25(35)21-12-22(32-33(21)23-19(27)4-2-10-29-23)38-39(36,37)17-3-1-9-28-14-17/h1-4,7-11,14-15,21H,5-6,12-13H2,(H,30,34)(H,31,35). The van der Waals surface area contributed by atoms with Crippen LogP contribution < -0.4 is 15.6 Å². The van der Waals surface area contributed by atoms with Crippen molar-refractivity contribution in [1.82, 2.24) is 15.3 Å². The second-order valence-electron chi connectivity index (χ2n) is 8.93. The SMILES string of the molecule is O=C(NCC1CC1)c1cc(Cl)ccc1NC(=O)C1CC(OS(=O)(=O)c2cccnc2)=NN1c1ncccc1Cl. The lowest BCUT2D eigenvalue weighted by Gasteiger charge is -2.22. The quantitative estimate of drug-likeness (QED) is 0.377. The summed E-state index contributed by atoms with van der Waals surface area (Å²) in [5.74, 6) is -0.649. The number of hydrogen-bond donors (Lipinski definition) is 2. The highest BCUT2D eigenvalue weighted by Gasteiger charge is 2.38. The first-order valence-electron chi connectivity index (χ1n) is 11.9. The van der Waals surface area contributed by atoms with Gasteiger partial charge in [-0.1, -0.05) is 23.2 Å². The number of pyridine rings is 2. The molecule has 1 saturated carbocycles. The van der Waals surface area contributed by atoms with E-state index < -0.39 is 22.1 Å². The van der Waals surface area contributed by atoms with E-state index in [4.69, 9.17) is 27.4 Å². The van der Waals surface area contributed by atoms with Gasteiger partial charge in [0.1, 0.15) is 10.9 Å². The van der Waals surface area contributed by atoms with Crippen LogP contribution in [0.25, 0.3) is 0 Å². The molecule has 2 aromatic heterocycles. The fourth-order valence-corrected chi connectivity index (χ4v) is 5.10. The molecule has 202 valence electrons. The molecular formula is C25H22Cl2N6O5S. The highest BCUT2D eigenvalue weighted by Crippen LogP contribution is 2.32. The lowest BCUT2D eigenvalue weighted by molar-refractivity contribution is -0.117. The number of halogens is 2. The predicted octanol–water partition coefficient (Wildman–Crippen LogP) is 3.86. The summed E-state index contributed by atoms with van der Waals surface area (Å²) in [4.78, 5) is 34.2. The Kier molecular flexibility index (Phi) is 7.69. The van der Waals surface area contributed by atoms with E-state index in [-0.39, 0.29) is 45.2 Å². The number of aromatic nitrogens is 2. The zero-order chi connectivity index (χ0) is 27.6. The third-order valence-electron chi connectivity index (χ3n) is 6.00. The molecule has 1 aliphatic carbocycles. The minimum Gasteiger partial charge on any atom is -0.361 e. The van der Waals surface area contributed by atoms with E-state index in [1.807, 2.05) is 0 Å². The zero-order valence-electron chi connectivity index (χ0n) is 20.3. The summed E-state index contributed by atoms with van der Waals surface area (Å²) in [7, 11) is -4.27. The van der Waals surface area contributed by atoms with Gasteiger partial charge in [0, 0.05) is 30.2 Å². The van der Waals surface area contributed by atoms with E-state index >= 15 is 0 Å². The predicted molar refractivity (Wildman–Crippen MR) is 145 cm³/mol. The molecule has 39 heavy (non-hydrogen) atoms. The van der Waals surface area contributed by atoms with Crippen molar-refractivity contribution in [1.29, 1.82) is 0 Å². The normalized spacial score (nSPS) is 16.9. The van der Waals surface area contributed by atoms with Gasteiger partial charge < -0.3 is 14.8 Å². The molecule has 1 fully saturated rings. The van der Waals surface area contributed by atoms with Crippen LogP contribution in [0.1, 0.15) is 29.6 Å². The van der Waals surface area contributed by atoms with Crippen LogP contribution in [0.3, 0.4) is 0 Å². The monoisotopic (exact) mass is 588 g/mol. The number of anilines is 2. The van der Waals surface area contributed by atoms with Crippen LogP contribution in [0.15, 0.2) is 71.1 Å². The van der Waals surface area contributed by atoms with Crippen molar-refractivity contribution in [3.63, 3.8) is 0 Å². The van der Waals surface area contributed by atoms with E-state index in [1.54, 1.807) is 18.2 Å². The summed E-state index contributed by atoms with van der Waals surface area (Å²) in [6.45, 7) is 0.535. The number of rotatable bonds is 8. The van der Waals surface area contributed by atoms with Gasteiger partial charge in [0.2, 0.25) is 11.8 Å². The molecule has 3 aromatic rings. The Morgan fingerprint density at radius 1 is 1.10 bits per heavy atom. The summed E-state index contributed by atoms with van der Waals surface area (Å²) in [5.41, 5.74) is 0.413. The summed E-state index contributed by atoms with van der Waals surface area (Å²) >= 11 is 12.5. The maximum Gasteiger partial charge on any atom is 0.341 e. The van der Waals surface area contributed by atoms with E-state index in [1.165, 1.54) is 41.7 Å². The highest BCUT2D eigenvalue weighted by atomic mass is 35.5. The fraction of sp³-hybridized carbons (Fsp3) is 0.240. The van der Waals surface area contributed by atoms with Gasteiger partial charge in [-0.3, -0.25) is 14.6 Å². The Labute approximate surface area is 234 Å². The highest BCUT2D eigenvalue weighted by molar-refractivity contribution is 7.87. The fourth-order valence-electron chi connectivity index (χ4n) is 3.83. The maximum atomic E-state index is 13.6. The largest absolute Gasteiger partial charge is 0.361 e. The molecule has 11 nitrogen and oxygen atoms in total. The van der Waals surface area contributed by atoms with Gasteiger partial charge >= 0.3 is 10.1 Å². The first-order chi connectivity index (χ1) is 18.7. The van der Waals surface area contributed by atoms with Crippen LogP contribution in [0, 0.1) is 5.92 Å². The number of carbonyl (C=O) groups excluding carboxylic acids is 2. The molecule has 3 heterocycles. The summed E-state index contributed by atoms with van der Waals surface area (Å²) in [6, 6.07) is 9.36. The molecule has 0 saturated heterocycles. The molecule has 0 spiro atoms. The topological polar surface area (TPSA) is 143 Å². The van der Waals surface area contributed by atoms with Gasteiger partial charge in [0.25, 0.3) is 5.91 Å². The van der Waals surface area contributed by atoms with Crippen molar-refractivity contribution >= 4 is 62.5 Å². The Morgan fingerprint density at radius 3 is 2.62 bits per heavy atom. The second kappa shape index (κ2) is 11.2. The van der Waals surface area contributed by atoms with E-state index in [2.05, 4.69) is 25.7 Å². The van der Waals surface area contributed by atoms with Gasteiger partial charge in [0.05, 0.1) is 22.7 Å². The lowest BCUT2D eigenvalue weighted by atomic mass is 10.1. The molecule has 2 amide bonds. The number of amides is 2. The third kappa shape index (κ3) is 6.29. The first kappa shape index (κ1) is 26.9. The summed E-state index contributed by atoms with van der Waals surface area (Å²) in [5, 5.41) is 11.5. The van der Waals surface area contributed by atoms with Crippen molar-refractivity contribution < 1.29 is 22.2 Å². The minimum atomic E-state index is -4.27. The van der Waals surface area contributed by atoms with Gasteiger partial charge in [-0.2, -0.15) is 8.42 Å². The van der Waals surface area contributed by atoms with Gasteiger partial charge in [-0.15, -0.1) is 5.10 Å². The van der Waals surface area contributed by atoms with Crippen LogP contribution in [-0.4, -0.2) is 48.7 Å². The number of nitrogens with one attached hydrogen (secondary N) is 2. The molecule has 2 aliphatic rings. The van der Waals surface area contributed by atoms with Crippen LogP contribution >= 0.6 is 23.2 Å². The minimum absolute atomic E-state index is 0.121. The van der Waals surface area contributed by atoms with Crippen molar-refractivity contribution in [2.75, 3.05) is 16.9 Å². The van der Waals surface area contributed by atoms with E-state index in [0.717, 1.165) is 19.0 Å². The van der Waals surface area contributed by atoms with E-state index in [9.17, 15) is 18.0 Å². The number of carbonyl (C=O) groups is 2. The van der Waals surface area contributed by atoms with Crippen molar-refractivity contribution in [3.8, 4) is 0 Å². The molecule has 2 N–H and O–H groups in total. The smallest absolute Gasteiger partial charge is 0.341 e. The van der Waals surface area contributed by atoms with Crippen LogP contribution in [0.5, 0.6) is 0 Å². The number of benzene rings is 1. The molecule has 5 rings (SSSR count). The summed E-state index contributed by atoms with van der Waals surface area (Å²) in [6.07, 6.45) is 5.92. The molecule has 1 aliphatic heterocycles. The molecule has 0 radical (unpaired) electrons. The number of hydrazone groups is 1. The van der Waals surface area contributed by atoms with Crippen LogP contribution in [0.4, 0.5) is 11.5 Å². The number of hydrogen-bond acceptors (Lipinski definition) is 9. The van der Waals surface area contributed by atoms with Crippen molar-refractivity contribution in [2.24, 2.45) is 11.0 Å². The van der Waals surface area contributed by atoms with Crippen molar-refractivity contribution in [2.45, 2.75) is 30.2 Å². The summed E-state index contributed by atoms with van der Waals surface area (Å²) < 4.78 is 30.8. The first-order valence-corrected chi connectivity index (χ1v) is 14.1. The maximum absolute atomic E-state index is 13.6. The molecule has 14 heteroatoms. The molecule has 0 bridgehead atoms. The van der Waals surface area contributed by atoms with Crippen molar-refractivity contribution in [3.05, 3.63) is 76.7 Å². The lowest BCUT2D eigenvalue weighted by Crippen LogP contribution is -2.39. The number of nitrogens with zero attached hydrogens (tertiary/aromatic N) is 4. The molecule has 1 atom stereocenters. The van der Waals surface area contributed by atoms with Gasteiger partial charge in [-0.25, -0.2) is 9.99 Å². The molecule has 1 aromatic carbocycles. The van der Waals surface area contributed by atoms with E-state index in [0.29, 0.717) is 17.5 Å². The third-order valence-corrected chi connectivity index (χ3v) is 7.76.